The zero-order valence-corrected chi connectivity index (χ0v) is 14.7. The average Bonchev–Trinajstić information content (AvgIpc) is 2.51. The molecule has 0 aromatic heterocycles. The van der Waals surface area contributed by atoms with E-state index in [-0.39, 0.29) is 0 Å². The van der Waals surface area contributed by atoms with Crippen LogP contribution in [0, 0.1) is 5.92 Å². The largest absolute Gasteiger partial charge is 0.497 e. The number of quaternary nitrogens is 3. The molecular formula is C18H34N3O+3. The van der Waals surface area contributed by atoms with Gasteiger partial charge in [-0.25, -0.2) is 0 Å². The van der Waals surface area contributed by atoms with Crippen LogP contribution in [0.25, 0.3) is 0 Å². The summed E-state index contributed by atoms with van der Waals surface area (Å²) < 4.78 is 5.26. The zero-order chi connectivity index (χ0) is 16.1. The quantitative estimate of drug-likeness (QED) is 0.597. The third kappa shape index (κ3) is 4.22. The molecule has 0 saturated carbocycles. The summed E-state index contributed by atoms with van der Waals surface area (Å²) in [6.45, 7) is 9.37. The molecule has 5 N–H and O–H groups in total. The predicted molar refractivity (Wildman–Crippen MR) is 89.1 cm³/mol. The molecule has 1 aliphatic rings. The molecule has 5 atom stereocenters. The van der Waals surface area contributed by atoms with Crippen molar-refractivity contribution in [1.82, 2.24) is 0 Å². The molecule has 1 aromatic rings. The summed E-state index contributed by atoms with van der Waals surface area (Å²) >= 11 is 0. The van der Waals surface area contributed by atoms with E-state index in [1.807, 2.05) is 0 Å². The first kappa shape index (κ1) is 17.3. The van der Waals surface area contributed by atoms with Gasteiger partial charge in [0, 0.05) is 5.56 Å². The van der Waals surface area contributed by atoms with Gasteiger partial charge in [-0.15, -0.1) is 0 Å². The van der Waals surface area contributed by atoms with Crippen molar-refractivity contribution in [2.45, 2.75) is 38.9 Å². The number of methoxy groups -OCH3 is 1. The van der Waals surface area contributed by atoms with Crippen LogP contribution in [0.1, 0.15) is 25.8 Å². The van der Waals surface area contributed by atoms with Crippen LogP contribution in [-0.4, -0.2) is 45.9 Å². The van der Waals surface area contributed by atoms with Crippen molar-refractivity contribution in [3.8, 4) is 5.75 Å². The molecular weight excluding hydrogens is 274 g/mol. The van der Waals surface area contributed by atoms with Gasteiger partial charge in [0.15, 0.2) is 0 Å². The SMILES string of the molecule is COc1ccc(C[NH+](CC[NH3+])[C@H]2C[C@H](C)[NH+](C)C[C@H]2C)cc1. The molecule has 4 nitrogen and oxygen atoms in total. The van der Waals surface area contributed by atoms with E-state index in [0.717, 1.165) is 43.4 Å². The Morgan fingerprint density at radius 3 is 2.55 bits per heavy atom. The van der Waals surface area contributed by atoms with Crippen LogP contribution in [0.3, 0.4) is 0 Å². The van der Waals surface area contributed by atoms with Crippen molar-refractivity contribution in [2.75, 3.05) is 33.8 Å². The van der Waals surface area contributed by atoms with Crippen LogP contribution in [0.4, 0.5) is 0 Å². The van der Waals surface area contributed by atoms with Gasteiger partial charge in [0.05, 0.1) is 39.1 Å². The minimum absolute atomic E-state index is 0.752. The Bertz CT molecular complexity index is 448. The number of hydrogen-bond acceptors (Lipinski definition) is 1. The Balaban J connectivity index is 2.07. The van der Waals surface area contributed by atoms with Crippen molar-refractivity contribution < 1.29 is 20.3 Å². The highest BCUT2D eigenvalue weighted by Gasteiger charge is 2.38. The number of ether oxygens (including phenoxy) is 1. The second kappa shape index (κ2) is 7.95. The van der Waals surface area contributed by atoms with E-state index in [1.165, 1.54) is 18.5 Å². The van der Waals surface area contributed by atoms with Crippen LogP contribution in [0.5, 0.6) is 5.75 Å². The molecule has 2 rings (SSSR count). The number of benzene rings is 1. The Labute approximate surface area is 135 Å². The van der Waals surface area contributed by atoms with E-state index in [2.05, 4.69) is 50.9 Å². The summed E-state index contributed by atoms with van der Waals surface area (Å²) in [5, 5.41) is 0. The van der Waals surface area contributed by atoms with Gasteiger partial charge in [0.2, 0.25) is 0 Å². The van der Waals surface area contributed by atoms with Gasteiger partial charge in [-0.3, -0.25) is 0 Å². The Kier molecular flexibility index (Phi) is 6.24. The molecule has 0 amide bonds. The first-order chi connectivity index (χ1) is 10.5. The average molecular weight is 308 g/mol. The third-order valence-corrected chi connectivity index (χ3v) is 5.39. The second-order valence-electron chi connectivity index (χ2n) is 7.06. The van der Waals surface area contributed by atoms with E-state index in [1.54, 1.807) is 16.9 Å². The van der Waals surface area contributed by atoms with E-state index in [4.69, 9.17) is 4.74 Å². The lowest BCUT2D eigenvalue weighted by Gasteiger charge is -2.40. The monoisotopic (exact) mass is 308 g/mol. The molecule has 0 radical (unpaired) electrons. The maximum atomic E-state index is 5.26. The number of piperidine rings is 1. The Hall–Kier alpha value is -1.10. The Morgan fingerprint density at radius 2 is 1.95 bits per heavy atom. The lowest BCUT2D eigenvalue weighted by molar-refractivity contribution is -0.978. The normalized spacial score (nSPS) is 30.0. The molecule has 1 aliphatic heterocycles. The van der Waals surface area contributed by atoms with Crippen LogP contribution in [-0.2, 0) is 6.54 Å². The van der Waals surface area contributed by atoms with Crippen LogP contribution < -0.4 is 20.3 Å². The highest BCUT2D eigenvalue weighted by molar-refractivity contribution is 5.26. The zero-order valence-electron chi connectivity index (χ0n) is 14.7. The highest BCUT2D eigenvalue weighted by Crippen LogP contribution is 2.12. The molecule has 0 aliphatic carbocycles. The lowest BCUT2D eigenvalue weighted by atomic mass is 9.88. The molecule has 1 saturated heterocycles. The standard InChI is InChI=1S/C18H31N3O/c1-14-12-20(3)15(2)11-18(14)21(10-9-19)13-16-5-7-17(22-4)8-6-16/h5-8,14-15,18H,9-13,19H2,1-4H3/p+3/t14-,15+,18+/m1/s1. The van der Waals surface area contributed by atoms with Gasteiger partial charge < -0.3 is 20.3 Å². The maximum Gasteiger partial charge on any atom is 0.127 e. The molecule has 0 spiro atoms. The molecule has 22 heavy (non-hydrogen) atoms. The van der Waals surface area contributed by atoms with Crippen molar-refractivity contribution in [2.24, 2.45) is 5.92 Å². The van der Waals surface area contributed by atoms with Crippen molar-refractivity contribution in [1.29, 1.82) is 0 Å². The van der Waals surface area contributed by atoms with Gasteiger partial charge in [-0.05, 0) is 31.2 Å². The van der Waals surface area contributed by atoms with Gasteiger partial charge in [0.1, 0.15) is 31.4 Å². The summed E-state index contributed by atoms with van der Waals surface area (Å²) in [6.07, 6.45) is 1.32. The van der Waals surface area contributed by atoms with E-state index in [9.17, 15) is 0 Å². The highest BCUT2D eigenvalue weighted by atomic mass is 16.5. The predicted octanol–water partition coefficient (Wildman–Crippen LogP) is -1.37. The molecule has 1 fully saturated rings. The topological polar surface area (TPSA) is 45.8 Å². The fourth-order valence-corrected chi connectivity index (χ4v) is 3.87. The minimum Gasteiger partial charge on any atom is -0.497 e. The summed E-state index contributed by atoms with van der Waals surface area (Å²) in [5.74, 6) is 1.71. The fraction of sp³-hybridized carbons (Fsp3) is 0.667. The van der Waals surface area contributed by atoms with Gasteiger partial charge in [-0.1, -0.05) is 6.92 Å². The molecule has 124 valence electrons. The molecule has 4 heteroatoms. The van der Waals surface area contributed by atoms with Crippen molar-refractivity contribution in [3.63, 3.8) is 0 Å². The second-order valence-corrected chi connectivity index (χ2v) is 7.06. The van der Waals surface area contributed by atoms with Crippen molar-refractivity contribution in [3.05, 3.63) is 29.8 Å². The fourth-order valence-electron chi connectivity index (χ4n) is 3.87. The minimum atomic E-state index is 0.752. The maximum absolute atomic E-state index is 5.26. The van der Waals surface area contributed by atoms with Crippen molar-refractivity contribution >= 4 is 0 Å². The van der Waals surface area contributed by atoms with Gasteiger partial charge in [0.25, 0.3) is 0 Å². The third-order valence-electron chi connectivity index (χ3n) is 5.39. The summed E-state index contributed by atoms with van der Waals surface area (Å²) in [4.78, 5) is 3.38. The van der Waals surface area contributed by atoms with Crippen LogP contribution >= 0.6 is 0 Å². The number of nitrogens with one attached hydrogen (secondary N) is 2. The first-order valence-electron chi connectivity index (χ1n) is 8.64. The summed E-state index contributed by atoms with van der Waals surface area (Å²) in [7, 11) is 4.06. The summed E-state index contributed by atoms with van der Waals surface area (Å²) in [5.41, 5.74) is 5.50. The van der Waals surface area contributed by atoms with E-state index < -0.39 is 0 Å². The molecule has 1 aromatic carbocycles. The smallest absolute Gasteiger partial charge is 0.127 e. The van der Waals surface area contributed by atoms with E-state index in [0.29, 0.717) is 0 Å². The van der Waals surface area contributed by atoms with Crippen LogP contribution in [0.15, 0.2) is 24.3 Å². The number of likely N-dealkylation sites (tertiary alicyclic amines) is 1. The van der Waals surface area contributed by atoms with Gasteiger partial charge in [-0.2, -0.15) is 0 Å². The lowest BCUT2D eigenvalue weighted by Crippen LogP contribution is -3.22. The number of hydrogen-bond donors (Lipinski definition) is 3. The summed E-state index contributed by atoms with van der Waals surface area (Å²) in [6, 6.07) is 10.1. The molecule has 1 heterocycles. The first-order valence-corrected chi connectivity index (χ1v) is 8.64. The van der Waals surface area contributed by atoms with E-state index >= 15 is 0 Å². The van der Waals surface area contributed by atoms with Gasteiger partial charge >= 0.3 is 0 Å². The number of rotatable bonds is 6. The molecule has 2 unspecified atom stereocenters. The van der Waals surface area contributed by atoms with Crippen LogP contribution in [0.2, 0.25) is 0 Å². The Morgan fingerprint density at radius 1 is 1.27 bits per heavy atom. The molecule has 0 bridgehead atoms.